The first-order valence-corrected chi connectivity index (χ1v) is 5.05. The van der Waals surface area contributed by atoms with Crippen LogP contribution >= 0.6 is 0 Å². The van der Waals surface area contributed by atoms with Crippen LogP contribution in [0.4, 0.5) is 0 Å². The fourth-order valence-corrected chi connectivity index (χ4v) is 1.94. The Balaban J connectivity index is 2.16. The fourth-order valence-electron chi connectivity index (χ4n) is 1.94. The van der Waals surface area contributed by atoms with E-state index < -0.39 is 12.0 Å². The predicted octanol–water partition coefficient (Wildman–Crippen LogP) is 1.49. The molecule has 76 valence electrons. The largest absolute Gasteiger partial charge is 0.480 e. The van der Waals surface area contributed by atoms with Gasteiger partial charge in [0, 0.05) is 0 Å². The van der Waals surface area contributed by atoms with Crippen molar-refractivity contribution < 1.29 is 9.90 Å². The van der Waals surface area contributed by atoms with Gasteiger partial charge < -0.3 is 10.4 Å². The van der Waals surface area contributed by atoms with Gasteiger partial charge in [0.25, 0.3) is 0 Å². The highest BCUT2D eigenvalue weighted by atomic mass is 16.4. The second-order valence-electron chi connectivity index (χ2n) is 4.25. The van der Waals surface area contributed by atoms with Gasteiger partial charge in [0.1, 0.15) is 6.04 Å². The average molecular weight is 185 g/mol. The minimum Gasteiger partial charge on any atom is -0.480 e. The second-order valence-corrected chi connectivity index (χ2v) is 4.25. The van der Waals surface area contributed by atoms with Crippen LogP contribution in [-0.4, -0.2) is 23.7 Å². The van der Waals surface area contributed by atoms with E-state index in [4.69, 9.17) is 5.11 Å². The summed E-state index contributed by atoms with van der Waals surface area (Å²) in [4.78, 5) is 10.5. The Kier molecular flexibility index (Phi) is 3.72. The van der Waals surface area contributed by atoms with Gasteiger partial charge in [0.2, 0.25) is 0 Å². The molecule has 1 aliphatic carbocycles. The van der Waals surface area contributed by atoms with Crippen LogP contribution < -0.4 is 5.32 Å². The Morgan fingerprint density at radius 3 is 2.77 bits per heavy atom. The summed E-state index contributed by atoms with van der Waals surface area (Å²) in [5.41, 5.74) is 0. The van der Waals surface area contributed by atoms with E-state index in [9.17, 15) is 4.79 Å². The highest BCUT2D eigenvalue weighted by molar-refractivity contribution is 5.72. The van der Waals surface area contributed by atoms with Gasteiger partial charge >= 0.3 is 5.97 Å². The van der Waals surface area contributed by atoms with Crippen molar-refractivity contribution in [2.45, 2.75) is 39.2 Å². The van der Waals surface area contributed by atoms with Crippen LogP contribution in [0.15, 0.2) is 0 Å². The summed E-state index contributed by atoms with van der Waals surface area (Å²) >= 11 is 0. The molecular weight excluding hydrogens is 166 g/mol. The van der Waals surface area contributed by atoms with E-state index in [-0.39, 0.29) is 0 Å². The third-order valence-electron chi connectivity index (χ3n) is 2.89. The van der Waals surface area contributed by atoms with Crippen LogP contribution in [-0.2, 0) is 4.79 Å². The van der Waals surface area contributed by atoms with Gasteiger partial charge in [-0.25, -0.2) is 0 Å². The van der Waals surface area contributed by atoms with Gasteiger partial charge in [0.15, 0.2) is 0 Å². The zero-order valence-corrected chi connectivity index (χ0v) is 8.42. The molecule has 0 heterocycles. The van der Waals surface area contributed by atoms with Gasteiger partial charge in [-0.15, -0.1) is 0 Å². The molecule has 0 radical (unpaired) electrons. The summed E-state index contributed by atoms with van der Waals surface area (Å²) in [6, 6.07) is -0.407. The van der Waals surface area contributed by atoms with Crippen LogP contribution in [0.25, 0.3) is 0 Å². The van der Waals surface area contributed by atoms with Gasteiger partial charge in [-0.05, 0) is 38.1 Å². The molecule has 0 aromatic heterocycles. The lowest BCUT2D eigenvalue weighted by atomic mass is 10.1. The van der Waals surface area contributed by atoms with Crippen molar-refractivity contribution in [3.05, 3.63) is 0 Å². The Morgan fingerprint density at radius 1 is 1.62 bits per heavy atom. The fraction of sp³-hybridized carbons (Fsp3) is 0.900. The number of hydrogen-bond donors (Lipinski definition) is 2. The van der Waals surface area contributed by atoms with Gasteiger partial charge in [-0.2, -0.15) is 0 Å². The smallest absolute Gasteiger partial charge is 0.320 e. The second kappa shape index (κ2) is 4.61. The first-order valence-electron chi connectivity index (χ1n) is 5.05. The van der Waals surface area contributed by atoms with Crippen molar-refractivity contribution in [3.8, 4) is 0 Å². The molecule has 0 aromatic carbocycles. The molecular formula is C10H19NO2. The van der Waals surface area contributed by atoms with Gasteiger partial charge in [-0.3, -0.25) is 4.79 Å². The van der Waals surface area contributed by atoms with Crippen molar-refractivity contribution >= 4 is 5.97 Å². The Labute approximate surface area is 79.5 Å². The van der Waals surface area contributed by atoms with E-state index in [0.29, 0.717) is 5.92 Å². The van der Waals surface area contributed by atoms with Crippen molar-refractivity contribution in [2.75, 3.05) is 6.54 Å². The van der Waals surface area contributed by atoms with E-state index in [2.05, 4.69) is 12.2 Å². The molecule has 1 aliphatic rings. The third kappa shape index (κ3) is 3.35. The maximum Gasteiger partial charge on any atom is 0.320 e. The standard InChI is InChI=1S/C10H19NO2/c1-7-3-4-9(5-7)6-11-8(2)10(12)13/h7-9,11H,3-6H2,1-2H3,(H,12,13). The maximum atomic E-state index is 10.5. The summed E-state index contributed by atoms with van der Waals surface area (Å²) in [5.74, 6) is 0.759. The molecule has 0 aliphatic heterocycles. The summed E-state index contributed by atoms with van der Waals surface area (Å²) in [6.07, 6.45) is 3.80. The van der Waals surface area contributed by atoms with Crippen molar-refractivity contribution in [1.29, 1.82) is 0 Å². The lowest BCUT2D eigenvalue weighted by molar-refractivity contribution is -0.139. The Hall–Kier alpha value is -0.570. The molecule has 2 N–H and O–H groups in total. The zero-order valence-electron chi connectivity index (χ0n) is 8.42. The van der Waals surface area contributed by atoms with E-state index in [0.717, 1.165) is 12.5 Å². The van der Waals surface area contributed by atoms with Crippen molar-refractivity contribution in [1.82, 2.24) is 5.32 Å². The van der Waals surface area contributed by atoms with Crippen molar-refractivity contribution in [2.24, 2.45) is 11.8 Å². The van der Waals surface area contributed by atoms with Gasteiger partial charge in [-0.1, -0.05) is 13.3 Å². The molecule has 0 saturated heterocycles. The first-order chi connectivity index (χ1) is 6.09. The SMILES string of the molecule is CC1CCC(CNC(C)C(=O)O)C1. The van der Waals surface area contributed by atoms with Crippen LogP contribution in [0, 0.1) is 11.8 Å². The molecule has 0 bridgehead atoms. The number of carboxylic acids is 1. The number of hydrogen-bond acceptors (Lipinski definition) is 2. The summed E-state index contributed by atoms with van der Waals surface area (Å²) in [6.45, 7) is 4.82. The van der Waals surface area contributed by atoms with E-state index in [1.807, 2.05) is 0 Å². The van der Waals surface area contributed by atoms with E-state index in [1.165, 1.54) is 19.3 Å². The van der Waals surface area contributed by atoms with Crippen LogP contribution in [0.3, 0.4) is 0 Å². The zero-order chi connectivity index (χ0) is 9.84. The molecule has 1 rings (SSSR count). The molecule has 0 amide bonds. The quantitative estimate of drug-likeness (QED) is 0.697. The number of aliphatic carboxylic acids is 1. The number of nitrogens with one attached hydrogen (secondary N) is 1. The lowest BCUT2D eigenvalue weighted by Crippen LogP contribution is -2.36. The monoisotopic (exact) mass is 185 g/mol. The molecule has 3 nitrogen and oxygen atoms in total. The summed E-state index contributed by atoms with van der Waals surface area (Å²) < 4.78 is 0. The van der Waals surface area contributed by atoms with Crippen LogP contribution in [0.1, 0.15) is 33.1 Å². The third-order valence-corrected chi connectivity index (χ3v) is 2.89. The summed E-state index contributed by atoms with van der Waals surface area (Å²) in [7, 11) is 0. The minimum absolute atomic E-state index is 0.407. The topological polar surface area (TPSA) is 49.3 Å². The predicted molar refractivity (Wildman–Crippen MR) is 51.6 cm³/mol. The number of carboxylic acid groups (broad SMARTS) is 1. The van der Waals surface area contributed by atoms with Crippen LogP contribution in [0.2, 0.25) is 0 Å². The lowest BCUT2D eigenvalue weighted by Gasteiger charge is -2.13. The van der Waals surface area contributed by atoms with Crippen molar-refractivity contribution in [3.63, 3.8) is 0 Å². The molecule has 0 spiro atoms. The number of rotatable bonds is 4. The number of carbonyl (C=O) groups is 1. The van der Waals surface area contributed by atoms with Gasteiger partial charge in [0.05, 0.1) is 0 Å². The minimum atomic E-state index is -0.758. The van der Waals surface area contributed by atoms with E-state index in [1.54, 1.807) is 6.92 Å². The first kappa shape index (κ1) is 10.5. The molecule has 1 saturated carbocycles. The maximum absolute atomic E-state index is 10.5. The Morgan fingerprint density at radius 2 is 2.31 bits per heavy atom. The molecule has 0 aromatic rings. The summed E-state index contributed by atoms with van der Waals surface area (Å²) in [5, 5.41) is 11.7. The molecule has 3 unspecified atom stereocenters. The molecule has 3 atom stereocenters. The average Bonchev–Trinajstić information content (AvgIpc) is 2.47. The molecule has 13 heavy (non-hydrogen) atoms. The highest BCUT2D eigenvalue weighted by Crippen LogP contribution is 2.29. The molecule has 1 fully saturated rings. The molecule has 3 heteroatoms. The normalized spacial score (nSPS) is 30.3. The van der Waals surface area contributed by atoms with E-state index >= 15 is 0 Å². The highest BCUT2D eigenvalue weighted by Gasteiger charge is 2.22. The Bertz CT molecular complexity index is 182. The van der Waals surface area contributed by atoms with Crippen LogP contribution in [0.5, 0.6) is 0 Å².